The van der Waals surface area contributed by atoms with Gasteiger partial charge in [0, 0.05) is 6.20 Å². The minimum Gasteiger partial charge on any atom is -0.313 e. The average molecular weight is 264 g/mol. The maximum atomic E-state index is 12.5. The zero-order valence-corrected chi connectivity index (χ0v) is 10.6. The first-order valence-corrected chi connectivity index (χ1v) is 6.23. The maximum absolute atomic E-state index is 12.5. The van der Waals surface area contributed by atoms with Crippen molar-refractivity contribution < 1.29 is 0 Å². The zero-order chi connectivity index (χ0) is 13.9. The highest BCUT2D eigenvalue weighted by molar-refractivity contribution is 5.61. The van der Waals surface area contributed by atoms with E-state index in [0.717, 1.165) is 10.1 Å². The Bertz CT molecular complexity index is 834. The molecule has 0 saturated heterocycles. The minimum absolute atomic E-state index is 0.328. The number of benzene rings is 2. The molecule has 20 heavy (non-hydrogen) atoms. The van der Waals surface area contributed by atoms with Gasteiger partial charge < -0.3 is 4.98 Å². The first kappa shape index (κ1) is 12.2. The Kier molecular flexibility index (Phi) is 3.05. The quantitative estimate of drug-likeness (QED) is 0.771. The summed E-state index contributed by atoms with van der Waals surface area (Å²) >= 11 is 0. The summed E-state index contributed by atoms with van der Waals surface area (Å²) < 4.78 is 1.14. The highest BCUT2D eigenvalue weighted by atomic mass is 16.2. The summed E-state index contributed by atoms with van der Waals surface area (Å²) in [7, 11) is 0. The molecule has 0 atom stereocenters. The van der Waals surface area contributed by atoms with Crippen LogP contribution in [0.3, 0.4) is 0 Å². The van der Waals surface area contributed by atoms with Crippen LogP contribution in [0.15, 0.2) is 76.4 Å². The molecular formula is C16H12N2O2. The van der Waals surface area contributed by atoms with Crippen LogP contribution in [0.5, 0.6) is 0 Å². The molecule has 1 heterocycles. The predicted octanol–water partition coefficient (Wildman–Crippen LogP) is 2.19. The van der Waals surface area contributed by atoms with E-state index in [1.165, 1.54) is 6.20 Å². The van der Waals surface area contributed by atoms with Crippen molar-refractivity contribution >= 4 is 0 Å². The number of H-pyrrole nitrogens is 1. The van der Waals surface area contributed by atoms with Crippen LogP contribution >= 0.6 is 0 Å². The summed E-state index contributed by atoms with van der Waals surface area (Å²) in [6, 6.07) is 18.1. The number of hydrogen-bond donors (Lipinski definition) is 1. The second-order valence-corrected chi connectivity index (χ2v) is 4.35. The molecule has 0 bridgehead atoms. The Morgan fingerprint density at radius 2 is 1.40 bits per heavy atom. The molecule has 4 heteroatoms. The van der Waals surface area contributed by atoms with E-state index in [9.17, 15) is 9.59 Å². The maximum Gasteiger partial charge on any atom is 0.333 e. The Labute approximate surface area is 115 Å². The van der Waals surface area contributed by atoms with Gasteiger partial charge in [-0.1, -0.05) is 48.5 Å². The van der Waals surface area contributed by atoms with Crippen molar-refractivity contribution in [3.8, 4) is 16.8 Å². The van der Waals surface area contributed by atoms with Crippen LogP contribution in [0.2, 0.25) is 0 Å². The normalized spacial score (nSPS) is 10.4. The standard InChI is InChI=1S/C16H12N2O2/c19-15-14(12-7-3-1-4-8-12)11-17-16(20)18(15)13-9-5-2-6-10-13/h1-11H,(H,17,20). The van der Waals surface area contributed by atoms with Gasteiger partial charge in [-0.15, -0.1) is 0 Å². The minimum atomic E-state index is -0.444. The fourth-order valence-corrected chi connectivity index (χ4v) is 2.11. The molecule has 0 unspecified atom stereocenters. The average Bonchev–Trinajstić information content (AvgIpc) is 2.49. The lowest BCUT2D eigenvalue weighted by molar-refractivity contribution is 0.879. The number of para-hydroxylation sites is 1. The van der Waals surface area contributed by atoms with E-state index in [1.807, 2.05) is 36.4 Å². The number of nitrogens with zero attached hydrogens (tertiary/aromatic N) is 1. The van der Waals surface area contributed by atoms with Crippen molar-refractivity contribution in [3.05, 3.63) is 87.7 Å². The molecular weight excluding hydrogens is 252 g/mol. The number of hydrogen-bond acceptors (Lipinski definition) is 2. The van der Waals surface area contributed by atoms with Crippen LogP contribution in [-0.4, -0.2) is 9.55 Å². The fourth-order valence-electron chi connectivity index (χ4n) is 2.11. The van der Waals surface area contributed by atoms with Gasteiger partial charge in [-0.3, -0.25) is 4.79 Å². The van der Waals surface area contributed by atoms with Crippen molar-refractivity contribution in [2.75, 3.05) is 0 Å². The van der Waals surface area contributed by atoms with E-state index in [0.29, 0.717) is 11.3 Å². The lowest BCUT2D eigenvalue weighted by atomic mass is 10.1. The van der Waals surface area contributed by atoms with Crippen molar-refractivity contribution in [1.29, 1.82) is 0 Å². The number of nitrogens with one attached hydrogen (secondary N) is 1. The summed E-state index contributed by atoms with van der Waals surface area (Å²) in [5.41, 5.74) is 1.02. The van der Waals surface area contributed by atoms with Gasteiger partial charge in [0.1, 0.15) is 0 Å². The van der Waals surface area contributed by atoms with E-state index >= 15 is 0 Å². The topological polar surface area (TPSA) is 54.9 Å². The molecule has 0 saturated carbocycles. The molecule has 0 aliphatic rings. The van der Waals surface area contributed by atoms with Crippen molar-refractivity contribution in [2.24, 2.45) is 0 Å². The largest absolute Gasteiger partial charge is 0.333 e. The number of aromatic amines is 1. The molecule has 0 fully saturated rings. The lowest BCUT2D eigenvalue weighted by Crippen LogP contribution is -2.34. The van der Waals surface area contributed by atoms with Crippen LogP contribution in [0.1, 0.15) is 0 Å². The van der Waals surface area contributed by atoms with Gasteiger partial charge >= 0.3 is 5.69 Å². The molecule has 2 aromatic carbocycles. The lowest BCUT2D eigenvalue weighted by Gasteiger charge is -2.07. The van der Waals surface area contributed by atoms with Crippen LogP contribution < -0.4 is 11.2 Å². The Morgan fingerprint density at radius 3 is 2.05 bits per heavy atom. The van der Waals surface area contributed by atoms with Crippen LogP contribution in [0, 0.1) is 0 Å². The van der Waals surface area contributed by atoms with Crippen molar-refractivity contribution in [2.45, 2.75) is 0 Å². The Hall–Kier alpha value is -2.88. The fraction of sp³-hybridized carbons (Fsp3) is 0. The van der Waals surface area contributed by atoms with Crippen LogP contribution in [-0.2, 0) is 0 Å². The van der Waals surface area contributed by atoms with Gasteiger partial charge in [0.05, 0.1) is 11.3 Å². The van der Waals surface area contributed by atoms with Crippen molar-refractivity contribution in [1.82, 2.24) is 9.55 Å². The molecule has 3 rings (SSSR count). The molecule has 98 valence electrons. The van der Waals surface area contributed by atoms with Gasteiger partial charge in [0.15, 0.2) is 0 Å². The van der Waals surface area contributed by atoms with Gasteiger partial charge in [0.25, 0.3) is 5.56 Å². The van der Waals surface area contributed by atoms with Crippen molar-refractivity contribution in [3.63, 3.8) is 0 Å². The van der Waals surface area contributed by atoms with E-state index in [1.54, 1.807) is 24.3 Å². The zero-order valence-electron chi connectivity index (χ0n) is 10.6. The van der Waals surface area contributed by atoms with E-state index in [4.69, 9.17) is 0 Å². The van der Waals surface area contributed by atoms with Crippen LogP contribution in [0.4, 0.5) is 0 Å². The molecule has 4 nitrogen and oxygen atoms in total. The third kappa shape index (κ3) is 2.07. The molecule has 0 spiro atoms. The summed E-state index contributed by atoms with van der Waals surface area (Å²) in [6.45, 7) is 0. The summed E-state index contributed by atoms with van der Waals surface area (Å²) in [4.78, 5) is 27.1. The van der Waals surface area contributed by atoms with Gasteiger partial charge in [0.2, 0.25) is 0 Å². The van der Waals surface area contributed by atoms with E-state index in [-0.39, 0.29) is 5.56 Å². The molecule has 0 radical (unpaired) electrons. The monoisotopic (exact) mass is 264 g/mol. The van der Waals surface area contributed by atoms with Gasteiger partial charge in [-0.2, -0.15) is 0 Å². The molecule has 0 aliphatic carbocycles. The summed E-state index contributed by atoms with van der Waals surface area (Å²) in [5.74, 6) is 0. The summed E-state index contributed by atoms with van der Waals surface area (Å²) in [5, 5.41) is 0. The van der Waals surface area contributed by atoms with E-state index in [2.05, 4.69) is 4.98 Å². The SMILES string of the molecule is O=c1[nH]cc(-c2ccccc2)c(=O)n1-c1ccccc1. The molecule has 3 aromatic rings. The molecule has 0 amide bonds. The smallest absolute Gasteiger partial charge is 0.313 e. The predicted molar refractivity (Wildman–Crippen MR) is 78.1 cm³/mol. The summed E-state index contributed by atoms with van der Waals surface area (Å²) in [6.07, 6.45) is 1.46. The number of rotatable bonds is 2. The molecule has 1 aromatic heterocycles. The first-order valence-electron chi connectivity index (χ1n) is 6.23. The van der Waals surface area contributed by atoms with E-state index < -0.39 is 5.69 Å². The second kappa shape index (κ2) is 5.01. The third-order valence-corrected chi connectivity index (χ3v) is 3.08. The van der Waals surface area contributed by atoms with Gasteiger partial charge in [-0.25, -0.2) is 9.36 Å². The first-order chi connectivity index (χ1) is 9.77. The third-order valence-electron chi connectivity index (χ3n) is 3.08. The molecule has 1 N–H and O–H groups in total. The van der Waals surface area contributed by atoms with Gasteiger partial charge in [-0.05, 0) is 17.7 Å². The highest BCUT2D eigenvalue weighted by Gasteiger charge is 2.10. The number of aromatic nitrogens is 2. The Morgan fingerprint density at radius 1 is 0.800 bits per heavy atom. The van der Waals surface area contributed by atoms with Crippen LogP contribution in [0.25, 0.3) is 16.8 Å². The second-order valence-electron chi connectivity index (χ2n) is 4.35. The highest BCUT2D eigenvalue weighted by Crippen LogP contribution is 2.13. The Balaban J connectivity index is 2.28. The molecule has 0 aliphatic heterocycles.